The summed E-state index contributed by atoms with van der Waals surface area (Å²) in [6, 6.07) is 13.0. The minimum absolute atomic E-state index is 0.0575. The zero-order chi connectivity index (χ0) is 20.1. The van der Waals surface area contributed by atoms with Crippen LogP contribution < -0.4 is 0 Å². The van der Waals surface area contributed by atoms with E-state index >= 15 is 0 Å². The number of fused-ring (bicyclic) bond motifs is 1. The summed E-state index contributed by atoms with van der Waals surface area (Å²) in [5, 5.41) is 10.8. The first-order chi connectivity index (χ1) is 13.5. The largest absolute Gasteiger partial charge is 0.466 e. The van der Waals surface area contributed by atoms with Gasteiger partial charge in [-0.15, -0.1) is 0 Å². The van der Waals surface area contributed by atoms with E-state index in [9.17, 15) is 19.7 Å². The first kappa shape index (κ1) is 19.3. The Morgan fingerprint density at radius 3 is 2.57 bits per heavy atom. The van der Waals surface area contributed by atoms with Crippen LogP contribution in [0, 0.1) is 10.1 Å². The Morgan fingerprint density at radius 1 is 1.14 bits per heavy atom. The highest BCUT2D eigenvalue weighted by atomic mass is 16.6. The fourth-order valence-corrected chi connectivity index (χ4v) is 3.13. The van der Waals surface area contributed by atoms with Crippen molar-refractivity contribution in [3.05, 3.63) is 81.7 Å². The molecule has 7 nitrogen and oxygen atoms in total. The maximum atomic E-state index is 13.0. The molecule has 7 heteroatoms. The molecule has 2 heterocycles. The molecule has 3 aromatic rings. The van der Waals surface area contributed by atoms with Crippen molar-refractivity contribution in [1.29, 1.82) is 0 Å². The molecule has 0 radical (unpaired) electrons. The number of aromatic nitrogens is 1. The average molecular weight is 380 g/mol. The van der Waals surface area contributed by atoms with Crippen molar-refractivity contribution in [2.24, 2.45) is 0 Å². The van der Waals surface area contributed by atoms with Crippen LogP contribution in [0.4, 0.5) is 5.69 Å². The number of nitrogens with zero attached hydrogens (tertiary/aromatic N) is 2. The average Bonchev–Trinajstić information content (AvgIpc) is 3.06. The number of nitro benzene ring substituents is 1. The summed E-state index contributed by atoms with van der Waals surface area (Å²) < 4.78 is 6.88. The summed E-state index contributed by atoms with van der Waals surface area (Å²) in [6.45, 7) is 2.13. The van der Waals surface area contributed by atoms with Crippen molar-refractivity contribution in [2.45, 2.75) is 26.2 Å². The number of hydrogen-bond donors (Lipinski definition) is 0. The predicted octanol–water partition coefficient (Wildman–Crippen LogP) is 3.96. The van der Waals surface area contributed by atoms with E-state index in [1.807, 2.05) is 34.9 Å². The third kappa shape index (κ3) is 4.09. The number of carbonyl (C=O) groups is 2. The second kappa shape index (κ2) is 8.47. The molecule has 2 aromatic heterocycles. The quantitative estimate of drug-likeness (QED) is 0.255. The minimum atomic E-state index is -0.496. The number of carbonyl (C=O) groups excluding carboxylic acids is 2. The fourth-order valence-electron chi connectivity index (χ4n) is 3.13. The number of non-ortho nitro benzene ring substituents is 1. The maximum absolute atomic E-state index is 13.0. The Labute approximate surface area is 161 Å². The topological polar surface area (TPSA) is 90.9 Å². The molecule has 0 fully saturated rings. The van der Waals surface area contributed by atoms with Gasteiger partial charge in [-0.05, 0) is 50.1 Å². The standard InChI is InChI=1S/C21H20N2O5/c1-2-28-20(24)8-5-6-17-14-18(19-7-3-4-13-22(17)19)21(25)15-9-11-16(12-10-15)23(26)27/h3-4,7,9-14H,2,5-6,8H2,1H3. The van der Waals surface area contributed by atoms with Crippen LogP contribution in [0.3, 0.4) is 0 Å². The first-order valence-electron chi connectivity index (χ1n) is 9.05. The van der Waals surface area contributed by atoms with Crippen molar-refractivity contribution in [3.8, 4) is 0 Å². The van der Waals surface area contributed by atoms with Crippen LogP contribution in [0.2, 0.25) is 0 Å². The maximum Gasteiger partial charge on any atom is 0.305 e. The Hall–Kier alpha value is -3.48. The molecule has 0 atom stereocenters. The van der Waals surface area contributed by atoms with Crippen molar-refractivity contribution < 1.29 is 19.2 Å². The van der Waals surface area contributed by atoms with E-state index in [2.05, 4.69) is 0 Å². The third-order valence-corrected chi connectivity index (χ3v) is 4.46. The summed E-state index contributed by atoms with van der Waals surface area (Å²) in [6.07, 6.45) is 3.43. The number of ether oxygens (including phenoxy) is 1. The number of rotatable bonds is 8. The van der Waals surface area contributed by atoms with Gasteiger partial charge < -0.3 is 9.14 Å². The van der Waals surface area contributed by atoms with Gasteiger partial charge in [0.15, 0.2) is 5.78 Å². The van der Waals surface area contributed by atoms with Crippen LogP contribution in [0.25, 0.3) is 5.52 Å². The Bertz CT molecular complexity index is 1020. The molecule has 0 aliphatic heterocycles. The molecular weight excluding hydrogens is 360 g/mol. The molecule has 28 heavy (non-hydrogen) atoms. The number of nitro groups is 1. The number of esters is 1. The molecule has 0 saturated carbocycles. The fraction of sp³-hybridized carbons (Fsp3) is 0.238. The van der Waals surface area contributed by atoms with E-state index in [-0.39, 0.29) is 17.4 Å². The second-order valence-electron chi connectivity index (χ2n) is 6.30. The molecule has 0 unspecified atom stereocenters. The molecule has 1 aromatic carbocycles. The SMILES string of the molecule is CCOC(=O)CCCc1cc(C(=O)c2ccc([N+](=O)[O-])cc2)c2ccccn12. The molecule has 0 saturated heterocycles. The van der Waals surface area contributed by atoms with Gasteiger partial charge in [-0.2, -0.15) is 0 Å². The van der Waals surface area contributed by atoms with Gasteiger partial charge in [-0.1, -0.05) is 6.07 Å². The number of aryl methyl sites for hydroxylation is 1. The lowest BCUT2D eigenvalue weighted by atomic mass is 10.0. The van der Waals surface area contributed by atoms with E-state index in [0.29, 0.717) is 37.0 Å². The lowest BCUT2D eigenvalue weighted by Gasteiger charge is -2.03. The Morgan fingerprint density at radius 2 is 1.89 bits per heavy atom. The van der Waals surface area contributed by atoms with Crippen LogP contribution in [0.1, 0.15) is 41.4 Å². The zero-order valence-corrected chi connectivity index (χ0v) is 15.5. The summed E-state index contributed by atoms with van der Waals surface area (Å²) >= 11 is 0. The highest BCUT2D eigenvalue weighted by molar-refractivity contribution is 6.13. The minimum Gasteiger partial charge on any atom is -0.466 e. The van der Waals surface area contributed by atoms with Gasteiger partial charge in [-0.25, -0.2) is 0 Å². The van der Waals surface area contributed by atoms with Gasteiger partial charge in [0.05, 0.1) is 17.0 Å². The molecule has 0 N–H and O–H groups in total. The van der Waals surface area contributed by atoms with E-state index in [1.54, 1.807) is 6.92 Å². The summed E-state index contributed by atoms with van der Waals surface area (Å²) in [4.78, 5) is 34.8. The molecule has 0 aliphatic rings. The van der Waals surface area contributed by atoms with E-state index in [1.165, 1.54) is 24.3 Å². The molecule has 0 aliphatic carbocycles. The number of benzene rings is 1. The van der Waals surface area contributed by atoms with Gasteiger partial charge in [0, 0.05) is 41.6 Å². The lowest BCUT2D eigenvalue weighted by Crippen LogP contribution is -2.04. The van der Waals surface area contributed by atoms with E-state index in [0.717, 1.165) is 11.2 Å². The van der Waals surface area contributed by atoms with Gasteiger partial charge >= 0.3 is 5.97 Å². The lowest BCUT2D eigenvalue weighted by molar-refractivity contribution is -0.384. The predicted molar refractivity (Wildman–Crippen MR) is 103 cm³/mol. The van der Waals surface area contributed by atoms with Crippen LogP contribution in [0.15, 0.2) is 54.7 Å². The van der Waals surface area contributed by atoms with E-state index < -0.39 is 4.92 Å². The zero-order valence-electron chi connectivity index (χ0n) is 15.5. The number of ketones is 1. The van der Waals surface area contributed by atoms with Crippen molar-refractivity contribution in [1.82, 2.24) is 4.40 Å². The second-order valence-corrected chi connectivity index (χ2v) is 6.30. The molecular formula is C21H20N2O5. The number of pyridine rings is 1. The first-order valence-corrected chi connectivity index (χ1v) is 9.05. The smallest absolute Gasteiger partial charge is 0.305 e. The molecule has 0 spiro atoms. The van der Waals surface area contributed by atoms with Crippen LogP contribution in [-0.2, 0) is 16.0 Å². The van der Waals surface area contributed by atoms with Gasteiger partial charge in [0.25, 0.3) is 5.69 Å². The summed E-state index contributed by atoms with van der Waals surface area (Å²) in [5.74, 6) is -0.430. The highest BCUT2D eigenvalue weighted by Gasteiger charge is 2.18. The Kier molecular flexibility index (Phi) is 5.84. The summed E-state index contributed by atoms with van der Waals surface area (Å²) in [7, 11) is 0. The van der Waals surface area contributed by atoms with Gasteiger partial charge in [-0.3, -0.25) is 19.7 Å². The monoisotopic (exact) mass is 380 g/mol. The van der Waals surface area contributed by atoms with Crippen molar-refractivity contribution >= 4 is 23.0 Å². The van der Waals surface area contributed by atoms with E-state index in [4.69, 9.17) is 4.74 Å². The van der Waals surface area contributed by atoms with Gasteiger partial charge in [0.1, 0.15) is 0 Å². The van der Waals surface area contributed by atoms with Crippen molar-refractivity contribution in [3.63, 3.8) is 0 Å². The van der Waals surface area contributed by atoms with Gasteiger partial charge in [0.2, 0.25) is 0 Å². The van der Waals surface area contributed by atoms with Crippen LogP contribution in [0.5, 0.6) is 0 Å². The Balaban J connectivity index is 1.86. The molecule has 0 bridgehead atoms. The van der Waals surface area contributed by atoms with Crippen LogP contribution >= 0.6 is 0 Å². The highest BCUT2D eigenvalue weighted by Crippen LogP contribution is 2.23. The van der Waals surface area contributed by atoms with Crippen molar-refractivity contribution in [2.75, 3.05) is 6.61 Å². The van der Waals surface area contributed by atoms with Crippen LogP contribution in [-0.4, -0.2) is 27.7 Å². The molecule has 0 amide bonds. The summed E-state index contributed by atoms with van der Waals surface area (Å²) in [5.41, 5.74) is 2.54. The molecule has 3 rings (SSSR count). The number of hydrogen-bond acceptors (Lipinski definition) is 5. The normalized spacial score (nSPS) is 10.8. The third-order valence-electron chi connectivity index (χ3n) is 4.46. The molecule has 144 valence electrons.